The second-order valence-electron chi connectivity index (χ2n) is 3.71. The molecule has 0 aliphatic carbocycles. The van der Waals surface area contributed by atoms with E-state index >= 15 is 0 Å². The van der Waals surface area contributed by atoms with Crippen molar-refractivity contribution in [3.05, 3.63) is 17.0 Å². The van der Waals surface area contributed by atoms with Gasteiger partial charge in [0.2, 0.25) is 0 Å². The van der Waals surface area contributed by atoms with E-state index in [-0.39, 0.29) is 6.04 Å². The third-order valence-electron chi connectivity index (χ3n) is 2.68. The van der Waals surface area contributed by atoms with E-state index in [0.717, 1.165) is 12.2 Å². The Morgan fingerprint density at radius 1 is 1.53 bits per heavy atom. The first-order valence-corrected chi connectivity index (χ1v) is 5.32. The molecule has 0 saturated heterocycles. The molecule has 0 radical (unpaired) electrons. The molecule has 0 aliphatic heterocycles. The summed E-state index contributed by atoms with van der Waals surface area (Å²) in [5.41, 5.74) is 3.59. The van der Waals surface area contributed by atoms with Crippen LogP contribution in [0.1, 0.15) is 36.8 Å². The maximum absolute atomic E-state index is 5.23. The maximum Gasteiger partial charge on any atom is 0.0644 e. The van der Waals surface area contributed by atoms with Gasteiger partial charge in [-0.2, -0.15) is 5.10 Å². The molecular weight excluding hydrogens is 186 g/mol. The van der Waals surface area contributed by atoms with E-state index < -0.39 is 0 Å². The average molecular weight is 205 g/mol. The van der Waals surface area contributed by atoms with Gasteiger partial charge in [0.1, 0.15) is 0 Å². The third-order valence-corrected chi connectivity index (χ3v) is 2.68. The van der Waals surface area contributed by atoms with Crippen molar-refractivity contribution in [3.63, 3.8) is 0 Å². The van der Waals surface area contributed by atoms with E-state index in [0.29, 0.717) is 6.54 Å². The van der Waals surface area contributed by atoms with E-state index in [1.807, 2.05) is 11.6 Å². The van der Waals surface area contributed by atoms with Gasteiger partial charge in [0.05, 0.1) is 12.2 Å². The van der Waals surface area contributed by atoms with Crippen molar-refractivity contribution in [3.8, 4) is 12.3 Å². The number of terminal acetylenes is 1. The third kappa shape index (κ3) is 2.40. The number of hydrogen-bond donors (Lipinski definition) is 1. The fourth-order valence-electron chi connectivity index (χ4n) is 1.96. The van der Waals surface area contributed by atoms with E-state index in [4.69, 9.17) is 6.42 Å². The summed E-state index contributed by atoms with van der Waals surface area (Å²) in [6, 6.07) is 0.265. The van der Waals surface area contributed by atoms with Crippen LogP contribution in [0, 0.1) is 26.2 Å². The molecule has 3 nitrogen and oxygen atoms in total. The van der Waals surface area contributed by atoms with E-state index in [9.17, 15) is 0 Å². The van der Waals surface area contributed by atoms with Crippen molar-refractivity contribution in [1.29, 1.82) is 0 Å². The zero-order chi connectivity index (χ0) is 11.4. The average Bonchev–Trinajstić information content (AvgIpc) is 2.50. The zero-order valence-electron chi connectivity index (χ0n) is 9.96. The normalized spacial score (nSPS) is 12.5. The Morgan fingerprint density at radius 3 is 2.67 bits per heavy atom. The molecule has 1 aromatic rings. The van der Waals surface area contributed by atoms with Crippen LogP contribution in [-0.4, -0.2) is 16.3 Å². The summed E-state index contributed by atoms with van der Waals surface area (Å²) in [5.74, 6) is 2.59. The summed E-state index contributed by atoms with van der Waals surface area (Å²) in [5, 5.41) is 7.76. The Labute approximate surface area is 91.9 Å². The monoisotopic (exact) mass is 205 g/mol. The Balaban J connectivity index is 2.93. The standard InChI is InChI=1S/C12H19N3/c1-6-8-13-9(3)12-10(4)14-15(7-2)11(12)5/h1,9,13H,7-8H2,2-5H3. The van der Waals surface area contributed by atoms with Crippen molar-refractivity contribution in [2.75, 3.05) is 6.54 Å². The van der Waals surface area contributed by atoms with Crippen LogP contribution in [-0.2, 0) is 6.54 Å². The van der Waals surface area contributed by atoms with Crippen LogP contribution >= 0.6 is 0 Å². The second-order valence-corrected chi connectivity index (χ2v) is 3.71. The van der Waals surface area contributed by atoms with Gasteiger partial charge in [0.25, 0.3) is 0 Å². The fourth-order valence-corrected chi connectivity index (χ4v) is 1.96. The molecule has 1 rings (SSSR count). The van der Waals surface area contributed by atoms with Gasteiger partial charge in [0.15, 0.2) is 0 Å². The Bertz CT molecular complexity index is 371. The molecule has 1 atom stereocenters. The molecule has 1 aromatic heterocycles. The number of rotatable bonds is 4. The minimum atomic E-state index is 0.265. The second kappa shape index (κ2) is 4.99. The van der Waals surface area contributed by atoms with Gasteiger partial charge in [-0.05, 0) is 27.7 Å². The van der Waals surface area contributed by atoms with Crippen LogP contribution in [0.2, 0.25) is 0 Å². The lowest BCUT2D eigenvalue weighted by molar-refractivity contribution is 0.606. The lowest BCUT2D eigenvalue weighted by Gasteiger charge is -2.12. The molecule has 0 saturated carbocycles. The molecule has 0 fully saturated rings. The summed E-state index contributed by atoms with van der Waals surface area (Å²) in [6.07, 6.45) is 5.23. The molecule has 1 unspecified atom stereocenters. The molecule has 3 heteroatoms. The van der Waals surface area contributed by atoms with Gasteiger partial charge in [-0.25, -0.2) is 0 Å². The lowest BCUT2D eigenvalue weighted by Crippen LogP contribution is -2.19. The van der Waals surface area contributed by atoms with Gasteiger partial charge >= 0.3 is 0 Å². The number of hydrogen-bond acceptors (Lipinski definition) is 2. The predicted molar refractivity (Wildman–Crippen MR) is 62.6 cm³/mol. The summed E-state index contributed by atoms with van der Waals surface area (Å²) >= 11 is 0. The largest absolute Gasteiger partial charge is 0.299 e. The summed E-state index contributed by atoms with van der Waals surface area (Å²) in [4.78, 5) is 0. The number of aromatic nitrogens is 2. The van der Waals surface area contributed by atoms with Gasteiger partial charge in [0, 0.05) is 23.8 Å². The van der Waals surface area contributed by atoms with E-state index in [1.54, 1.807) is 0 Å². The molecule has 0 spiro atoms. The highest BCUT2D eigenvalue weighted by molar-refractivity contribution is 5.27. The topological polar surface area (TPSA) is 29.9 Å². The highest BCUT2D eigenvalue weighted by Gasteiger charge is 2.15. The van der Waals surface area contributed by atoms with Crippen molar-refractivity contribution < 1.29 is 0 Å². The summed E-state index contributed by atoms with van der Waals surface area (Å²) in [6.45, 7) is 9.87. The van der Waals surface area contributed by atoms with Crippen molar-refractivity contribution >= 4 is 0 Å². The number of aryl methyl sites for hydroxylation is 2. The first-order valence-electron chi connectivity index (χ1n) is 5.32. The SMILES string of the molecule is C#CCNC(C)c1c(C)nn(CC)c1C. The Kier molecular flexibility index (Phi) is 3.93. The minimum Gasteiger partial charge on any atom is -0.299 e. The van der Waals surface area contributed by atoms with Gasteiger partial charge in [-0.15, -0.1) is 6.42 Å². The highest BCUT2D eigenvalue weighted by Crippen LogP contribution is 2.20. The van der Waals surface area contributed by atoms with Gasteiger partial charge < -0.3 is 0 Å². The number of nitrogens with zero attached hydrogens (tertiary/aromatic N) is 2. The first kappa shape index (κ1) is 11.8. The fraction of sp³-hybridized carbons (Fsp3) is 0.583. The van der Waals surface area contributed by atoms with Crippen LogP contribution < -0.4 is 5.32 Å². The molecule has 1 N–H and O–H groups in total. The van der Waals surface area contributed by atoms with Crippen LogP contribution in [0.5, 0.6) is 0 Å². The van der Waals surface area contributed by atoms with E-state index in [1.165, 1.54) is 11.3 Å². The van der Waals surface area contributed by atoms with Crippen molar-refractivity contribution in [2.24, 2.45) is 0 Å². The smallest absolute Gasteiger partial charge is 0.0644 e. The zero-order valence-corrected chi connectivity index (χ0v) is 9.96. The molecular formula is C12H19N3. The summed E-state index contributed by atoms with van der Waals surface area (Å²) < 4.78 is 2.03. The molecule has 15 heavy (non-hydrogen) atoms. The predicted octanol–water partition coefficient (Wildman–Crippen LogP) is 1.80. The van der Waals surface area contributed by atoms with Crippen molar-refractivity contribution in [1.82, 2.24) is 15.1 Å². The van der Waals surface area contributed by atoms with Crippen molar-refractivity contribution in [2.45, 2.75) is 40.3 Å². The highest BCUT2D eigenvalue weighted by atomic mass is 15.3. The quantitative estimate of drug-likeness (QED) is 0.760. The maximum atomic E-state index is 5.23. The van der Waals surface area contributed by atoms with Gasteiger partial charge in [-0.3, -0.25) is 10.00 Å². The lowest BCUT2D eigenvalue weighted by atomic mass is 10.1. The Morgan fingerprint density at radius 2 is 2.20 bits per heavy atom. The van der Waals surface area contributed by atoms with Gasteiger partial charge in [-0.1, -0.05) is 5.92 Å². The molecule has 82 valence electrons. The van der Waals surface area contributed by atoms with Crippen LogP contribution in [0.15, 0.2) is 0 Å². The Hall–Kier alpha value is -1.27. The molecule has 0 amide bonds. The summed E-state index contributed by atoms with van der Waals surface area (Å²) in [7, 11) is 0. The van der Waals surface area contributed by atoms with Crippen LogP contribution in [0.4, 0.5) is 0 Å². The van der Waals surface area contributed by atoms with Crippen LogP contribution in [0.3, 0.4) is 0 Å². The number of nitrogens with one attached hydrogen (secondary N) is 1. The molecule has 1 heterocycles. The van der Waals surface area contributed by atoms with Crippen LogP contribution in [0.25, 0.3) is 0 Å². The molecule has 0 bridgehead atoms. The first-order chi connectivity index (χ1) is 7.11. The van der Waals surface area contributed by atoms with E-state index in [2.05, 4.69) is 37.1 Å². The molecule has 0 aliphatic rings. The molecule has 0 aromatic carbocycles. The minimum absolute atomic E-state index is 0.265.